The first kappa shape index (κ1) is 22.6. The van der Waals surface area contributed by atoms with Gasteiger partial charge in [0.1, 0.15) is 12.4 Å². The molecule has 166 valence electrons. The van der Waals surface area contributed by atoms with Gasteiger partial charge in [-0.2, -0.15) is 0 Å². The zero-order valence-electron chi connectivity index (χ0n) is 18.2. The Morgan fingerprint density at radius 2 is 1.87 bits per heavy atom. The molecule has 1 atom stereocenters. The minimum Gasteiger partial charge on any atom is -0.491 e. The minimum absolute atomic E-state index is 0.0158. The second-order valence-corrected chi connectivity index (χ2v) is 7.43. The van der Waals surface area contributed by atoms with Gasteiger partial charge in [0.25, 0.3) is 5.91 Å². The summed E-state index contributed by atoms with van der Waals surface area (Å²) in [6.45, 7) is 6.62. The van der Waals surface area contributed by atoms with E-state index in [9.17, 15) is 9.59 Å². The molecular formula is C24H31N3O4. The lowest BCUT2D eigenvalue weighted by molar-refractivity contribution is -0.114. The van der Waals surface area contributed by atoms with Crippen molar-refractivity contribution in [3.05, 3.63) is 54.1 Å². The van der Waals surface area contributed by atoms with E-state index in [1.807, 2.05) is 44.2 Å². The summed E-state index contributed by atoms with van der Waals surface area (Å²) < 4.78 is 11.4. The second kappa shape index (κ2) is 11.4. The van der Waals surface area contributed by atoms with Gasteiger partial charge in [-0.1, -0.05) is 12.1 Å². The Kier molecular flexibility index (Phi) is 8.29. The van der Waals surface area contributed by atoms with E-state index >= 15 is 0 Å². The predicted octanol–water partition coefficient (Wildman–Crippen LogP) is 3.78. The number of anilines is 2. The third-order valence-electron chi connectivity index (χ3n) is 5.19. The van der Waals surface area contributed by atoms with Gasteiger partial charge >= 0.3 is 0 Å². The molecule has 1 aliphatic heterocycles. The number of benzene rings is 2. The normalized spacial score (nSPS) is 15.4. The number of nitrogens with zero attached hydrogens (tertiary/aromatic N) is 1. The van der Waals surface area contributed by atoms with Gasteiger partial charge in [0.2, 0.25) is 5.91 Å². The van der Waals surface area contributed by atoms with Gasteiger partial charge in [0.05, 0.1) is 12.6 Å². The molecule has 2 aromatic rings. The summed E-state index contributed by atoms with van der Waals surface area (Å²) >= 11 is 0. The average molecular weight is 426 g/mol. The van der Waals surface area contributed by atoms with Crippen LogP contribution in [0.15, 0.2) is 48.5 Å². The summed E-state index contributed by atoms with van der Waals surface area (Å²) in [5.41, 5.74) is 1.99. The summed E-state index contributed by atoms with van der Waals surface area (Å²) in [5.74, 6) is 0.499. The molecule has 3 rings (SSSR count). The highest BCUT2D eigenvalue weighted by molar-refractivity contribution is 5.96. The number of amides is 2. The molecule has 0 radical (unpaired) electrons. The molecule has 1 unspecified atom stereocenters. The Labute approximate surface area is 183 Å². The first-order valence-electron chi connectivity index (χ1n) is 10.9. The van der Waals surface area contributed by atoms with Gasteiger partial charge in [0.15, 0.2) is 0 Å². The topological polar surface area (TPSA) is 79.9 Å². The highest BCUT2D eigenvalue weighted by Crippen LogP contribution is 2.20. The predicted molar refractivity (Wildman–Crippen MR) is 122 cm³/mol. The molecule has 1 saturated heterocycles. The van der Waals surface area contributed by atoms with Crippen LogP contribution in [-0.2, 0) is 9.53 Å². The Hall–Kier alpha value is -3.06. The molecule has 0 aliphatic carbocycles. The van der Waals surface area contributed by atoms with Gasteiger partial charge in [0, 0.05) is 42.7 Å². The Balaban J connectivity index is 1.50. The van der Waals surface area contributed by atoms with E-state index in [-0.39, 0.29) is 24.5 Å². The summed E-state index contributed by atoms with van der Waals surface area (Å²) in [6, 6.07) is 14.5. The zero-order chi connectivity index (χ0) is 22.1. The van der Waals surface area contributed by atoms with E-state index in [2.05, 4.69) is 10.6 Å². The number of rotatable bonds is 10. The summed E-state index contributed by atoms with van der Waals surface area (Å²) in [7, 11) is 0. The van der Waals surface area contributed by atoms with Crippen LogP contribution in [0.3, 0.4) is 0 Å². The molecule has 0 aromatic heterocycles. The van der Waals surface area contributed by atoms with E-state index in [1.54, 1.807) is 23.1 Å². The Bertz CT molecular complexity index is 877. The van der Waals surface area contributed by atoms with Crippen molar-refractivity contribution in [2.75, 3.05) is 43.5 Å². The SMILES string of the molecule is CCN(CC)C(=O)c1cccc(NCC(=O)Nc2cccc(OCC3CCCO3)c2)c1. The molecule has 0 spiro atoms. The zero-order valence-corrected chi connectivity index (χ0v) is 18.2. The highest BCUT2D eigenvalue weighted by Gasteiger charge is 2.16. The quantitative estimate of drug-likeness (QED) is 0.606. The number of carbonyl (C=O) groups excluding carboxylic acids is 2. The van der Waals surface area contributed by atoms with Gasteiger partial charge in [-0.3, -0.25) is 9.59 Å². The average Bonchev–Trinajstić information content (AvgIpc) is 3.31. The van der Waals surface area contributed by atoms with Gasteiger partial charge in [-0.05, 0) is 57.0 Å². The third-order valence-corrected chi connectivity index (χ3v) is 5.19. The smallest absolute Gasteiger partial charge is 0.253 e. The standard InChI is InChI=1S/C24H31N3O4/c1-3-27(4-2)24(29)18-8-5-9-19(14-18)25-16-23(28)26-20-10-6-11-21(15-20)31-17-22-12-7-13-30-22/h5-6,8-11,14-15,22,25H,3-4,7,12-13,16-17H2,1-2H3,(H,26,28). The third kappa shape index (κ3) is 6.72. The summed E-state index contributed by atoms with van der Waals surface area (Å²) in [4.78, 5) is 26.6. The lowest BCUT2D eigenvalue weighted by Gasteiger charge is -2.19. The van der Waals surface area contributed by atoms with Crippen molar-refractivity contribution >= 4 is 23.2 Å². The summed E-state index contributed by atoms with van der Waals surface area (Å²) in [5, 5.41) is 5.95. The van der Waals surface area contributed by atoms with Crippen LogP contribution >= 0.6 is 0 Å². The number of hydrogen-bond donors (Lipinski definition) is 2. The van der Waals surface area contributed by atoms with Crippen molar-refractivity contribution in [2.24, 2.45) is 0 Å². The molecule has 2 amide bonds. The van der Waals surface area contributed by atoms with Crippen LogP contribution in [0.5, 0.6) is 5.75 Å². The molecule has 1 heterocycles. The molecule has 0 bridgehead atoms. The van der Waals surface area contributed by atoms with E-state index < -0.39 is 0 Å². The maximum Gasteiger partial charge on any atom is 0.253 e. The number of carbonyl (C=O) groups is 2. The molecule has 7 heteroatoms. The van der Waals surface area contributed by atoms with Crippen LogP contribution in [-0.4, -0.2) is 55.7 Å². The molecule has 7 nitrogen and oxygen atoms in total. The number of hydrogen-bond acceptors (Lipinski definition) is 5. The Morgan fingerprint density at radius 3 is 2.61 bits per heavy atom. The van der Waals surface area contributed by atoms with Gasteiger partial charge in [-0.15, -0.1) is 0 Å². The minimum atomic E-state index is -0.184. The van der Waals surface area contributed by atoms with Crippen LogP contribution in [0.2, 0.25) is 0 Å². The van der Waals surface area contributed by atoms with Crippen LogP contribution in [0, 0.1) is 0 Å². The lowest BCUT2D eigenvalue weighted by Crippen LogP contribution is -2.30. The van der Waals surface area contributed by atoms with Gasteiger partial charge < -0.3 is 25.0 Å². The second-order valence-electron chi connectivity index (χ2n) is 7.43. The molecule has 2 aromatic carbocycles. The monoisotopic (exact) mass is 425 g/mol. The van der Waals surface area contributed by atoms with Crippen LogP contribution in [0.1, 0.15) is 37.0 Å². The van der Waals surface area contributed by atoms with E-state index in [4.69, 9.17) is 9.47 Å². The lowest BCUT2D eigenvalue weighted by atomic mass is 10.1. The number of nitrogens with one attached hydrogen (secondary N) is 2. The highest BCUT2D eigenvalue weighted by atomic mass is 16.5. The van der Waals surface area contributed by atoms with E-state index in [0.717, 1.165) is 25.1 Å². The molecular weight excluding hydrogens is 394 g/mol. The number of ether oxygens (including phenoxy) is 2. The largest absolute Gasteiger partial charge is 0.491 e. The Morgan fingerprint density at radius 1 is 1.10 bits per heavy atom. The molecule has 1 fully saturated rings. The molecule has 2 N–H and O–H groups in total. The van der Waals surface area contributed by atoms with Crippen LogP contribution in [0.25, 0.3) is 0 Å². The van der Waals surface area contributed by atoms with Crippen LogP contribution in [0.4, 0.5) is 11.4 Å². The van der Waals surface area contributed by atoms with E-state index in [0.29, 0.717) is 36.7 Å². The van der Waals surface area contributed by atoms with Crippen LogP contribution < -0.4 is 15.4 Å². The fourth-order valence-corrected chi connectivity index (χ4v) is 3.47. The summed E-state index contributed by atoms with van der Waals surface area (Å²) in [6.07, 6.45) is 2.24. The van der Waals surface area contributed by atoms with Crippen molar-refractivity contribution in [3.63, 3.8) is 0 Å². The molecule has 1 aliphatic rings. The van der Waals surface area contributed by atoms with E-state index in [1.165, 1.54) is 0 Å². The van der Waals surface area contributed by atoms with Crippen molar-refractivity contribution in [2.45, 2.75) is 32.8 Å². The molecule has 0 saturated carbocycles. The maximum atomic E-state index is 12.5. The maximum absolute atomic E-state index is 12.5. The first-order chi connectivity index (χ1) is 15.1. The fraction of sp³-hybridized carbons (Fsp3) is 0.417. The van der Waals surface area contributed by atoms with Crippen molar-refractivity contribution in [3.8, 4) is 5.75 Å². The fourth-order valence-electron chi connectivity index (χ4n) is 3.47. The molecule has 31 heavy (non-hydrogen) atoms. The van der Waals surface area contributed by atoms with Gasteiger partial charge in [-0.25, -0.2) is 0 Å². The first-order valence-corrected chi connectivity index (χ1v) is 10.9. The van der Waals surface area contributed by atoms with Crippen molar-refractivity contribution in [1.82, 2.24) is 4.90 Å². The van der Waals surface area contributed by atoms with Crippen molar-refractivity contribution < 1.29 is 19.1 Å². The van der Waals surface area contributed by atoms with Crippen molar-refractivity contribution in [1.29, 1.82) is 0 Å².